The predicted molar refractivity (Wildman–Crippen MR) is 127 cm³/mol. The van der Waals surface area contributed by atoms with Crippen molar-refractivity contribution in [1.29, 1.82) is 0 Å². The van der Waals surface area contributed by atoms with Crippen LogP contribution in [0.3, 0.4) is 0 Å². The topological polar surface area (TPSA) is 84.3 Å². The van der Waals surface area contributed by atoms with Gasteiger partial charge in [-0.2, -0.15) is 4.31 Å². The van der Waals surface area contributed by atoms with Gasteiger partial charge in [-0.3, -0.25) is 4.79 Å². The van der Waals surface area contributed by atoms with E-state index in [4.69, 9.17) is 0 Å². The molecule has 0 spiro atoms. The Morgan fingerprint density at radius 3 is 2.47 bits per heavy atom. The van der Waals surface area contributed by atoms with Crippen LogP contribution in [0.2, 0.25) is 0 Å². The van der Waals surface area contributed by atoms with Crippen LogP contribution in [0.1, 0.15) is 59.9 Å². The summed E-state index contributed by atoms with van der Waals surface area (Å²) in [7, 11) is -0.224. The van der Waals surface area contributed by atoms with E-state index >= 15 is 0 Å². The molecule has 1 N–H and O–H groups in total. The lowest BCUT2D eigenvalue weighted by molar-refractivity contribution is 0.0941. The quantitative estimate of drug-likeness (QED) is 0.549. The van der Waals surface area contributed by atoms with E-state index in [-0.39, 0.29) is 10.9 Å². The number of amides is 1. The lowest BCUT2D eigenvalue weighted by atomic mass is 9.96. The van der Waals surface area contributed by atoms with Crippen molar-refractivity contribution in [2.45, 2.75) is 49.1 Å². The van der Waals surface area contributed by atoms with E-state index in [0.29, 0.717) is 17.0 Å². The highest BCUT2D eigenvalue weighted by Crippen LogP contribution is 2.27. The number of rotatable bonds is 7. The zero-order valence-corrected chi connectivity index (χ0v) is 20.1. The zero-order valence-electron chi connectivity index (χ0n) is 19.3. The van der Waals surface area contributed by atoms with Crippen LogP contribution in [0.25, 0.3) is 0 Å². The molecule has 7 nitrogen and oxygen atoms in total. The van der Waals surface area contributed by atoms with E-state index in [9.17, 15) is 17.6 Å². The molecule has 1 aliphatic carbocycles. The molecule has 0 aliphatic heterocycles. The Morgan fingerprint density at radius 2 is 1.85 bits per heavy atom. The maximum Gasteiger partial charge on any atom is 0.252 e. The number of aryl methyl sites for hydroxylation is 1. The molecule has 2 aromatic carbocycles. The first kappa shape index (κ1) is 24.1. The van der Waals surface area contributed by atoms with Crippen molar-refractivity contribution in [3.8, 4) is 0 Å². The Labute approximate surface area is 199 Å². The summed E-state index contributed by atoms with van der Waals surface area (Å²) in [4.78, 5) is 17.5. The number of carbonyl (C=O) groups is 1. The van der Waals surface area contributed by atoms with Crippen LogP contribution in [0.15, 0.2) is 65.8 Å². The first-order chi connectivity index (χ1) is 16.3. The Bertz CT molecular complexity index is 1250. The van der Waals surface area contributed by atoms with Crippen molar-refractivity contribution in [3.63, 3.8) is 0 Å². The monoisotopic (exact) mass is 484 g/mol. The number of hydrogen-bond donors (Lipinski definition) is 1. The summed E-state index contributed by atoms with van der Waals surface area (Å²) in [5.41, 5.74) is 0.853. The Hall–Kier alpha value is -3.04. The van der Waals surface area contributed by atoms with Crippen LogP contribution in [-0.2, 0) is 17.1 Å². The van der Waals surface area contributed by atoms with Crippen molar-refractivity contribution in [1.82, 2.24) is 19.2 Å². The van der Waals surface area contributed by atoms with Gasteiger partial charge in [-0.1, -0.05) is 31.4 Å². The molecule has 1 aromatic heterocycles. The molecule has 0 bridgehead atoms. The summed E-state index contributed by atoms with van der Waals surface area (Å²) in [5, 5.41) is 2.90. The van der Waals surface area contributed by atoms with Gasteiger partial charge in [-0.05, 0) is 54.8 Å². The fourth-order valence-corrected chi connectivity index (χ4v) is 5.85. The largest absolute Gasteiger partial charge is 0.338 e. The fraction of sp³-hybridized carbons (Fsp3) is 0.360. The fourth-order valence-electron chi connectivity index (χ4n) is 4.44. The molecule has 3 aromatic rings. The zero-order chi connectivity index (χ0) is 24.3. The highest BCUT2D eigenvalue weighted by molar-refractivity contribution is 7.89. The second kappa shape index (κ2) is 10.1. The minimum Gasteiger partial charge on any atom is -0.338 e. The minimum absolute atomic E-state index is 0.00605. The van der Waals surface area contributed by atoms with Crippen molar-refractivity contribution >= 4 is 15.9 Å². The third kappa shape index (κ3) is 5.05. The number of hydrogen-bond acceptors (Lipinski definition) is 4. The predicted octanol–water partition coefficient (Wildman–Crippen LogP) is 4.03. The standard InChI is InChI=1S/C25H29FN4O3S/c1-29-16-15-27-24(29)23(19-7-6-8-20(26)17-19)28-25(31)18-11-13-22(14-12-18)34(32,33)30(2)21-9-4-3-5-10-21/h6-8,11-17,21,23H,3-5,9-10H2,1-2H3,(H,28,31). The van der Waals surface area contributed by atoms with Crippen molar-refractivity contribution in [3.05, 3.63) is 83.7 Å². The van der Waals surface area contributed by atoms with E-state index in [1.54, 1.807) is 43.2 Å². The maximum atomic E-state index is 13.9. The third-order valence-corrected chi connectivity index (χ3v) is 8.38. The highest BCUT2D eigenvalue weighted by atomic mass is 32.2. The second-order valence-corrected chi connectivity index (χ2v) is 10.7. The lowest BCUT2D eigenvalue weighted by Crippen LogP contribution is -2.38. The van der Waals surface area contributed by atoms with Gasteiger partial charge in [0.25, 0.3) is 5.91 Å². The van der Waals surface area contributed by atoms with Crippen LogP contribution in [0, 0.1) is 5.82 Å². The molecule has 1 atom stereocenters. The lowest BCUT2D eigenvalue weighted by Gasteiger charge is -2.30. The van der Waals surface area contributed by atoms with Gasteiger partial charge >= 0.3 is 0 Å². The molecule has 4 rings (SSSR count). The number of nitrogens with one attached hydrogen (secondary N) is 1. The van der Waals surface area contributed by atoms with Crippen molar-refractivity contribution in [2.24, 2.45) is 7.05 Å². The summed E-state index contributed by atoms with van der Waals surface area (Å²) in [6.07, 6.45) is 8.30. The molecule has 1 fully saturated rings. The van der Waals surface area contributed by atoms with Crippen molar-refractivity contribution in [2.75, 3.05) is 7.05 Å². The molecule has 1 saturated carbocycles. The molecule has 1 amide bonds. The molecule has 1 unspecified atom stereocenters. The third-order valence-electron chi connectivity index (χ3n) is 6.46. The SMILES string of the molecule is CN(C1CCCCC1)S(=O)(=O)c1ccc(C(=O)NC(c2cccc(F)c2)c2nccn2C)cc1. The van der Waals surface area contributed by atoms with E-state index in [0.717, 1.165) is 32.1 Å². The van der Waals surface area contributed by atoms with Gasteiger partial charge in [0, 0.05) is 38.1 Å². The Kier molecular flexibility index (Phi) is 7.13. The first-order valence-corrected chi connectivity index (χ1v) is 12.8. The molecule has 0 saturated heterocycles. The van der Waals surface area contributed by atoms with Crippen molar-refractivity contribution < 1.29 is 17.6 Å². The normalized spacial score (nSPS) is 15.9. The summed E-state index contributed by atoms with van der Waals surface area (Å²) in [5.74, 6) is -0.281. The van der Waals surface area contributed by atoms with Gasteiger partial charge in [0.2, 0.25) is 10.0 Å². The number of halogens is 1. The maximum absolute atomic E-state index is 13.9. The summed E-state index contributed by atoms with van der Waals surface area (Å²) >= 11 is 0. The van der Waals surface area contributed by atoms with Gasteiger partial charge in [-0.15, -0.1) is 0 Å². The number of imidazole rings is 1. The average molecular weight is 485 g/mol. The average Bonchev–Trinajstić information content (AvgIpc) is 3.28. The van der Waals surface area contributed by atoms with Crippen LogP contribution in [-0.4, -0.2) is 41.3 Å². The van der Waals surface area contributed by atoms with Gasteiger partial charge in [0.1, 0.15) is 17.7 Å². The van der Waals surface area contributed by atoms with E-state index in [1.807, 2.05) is 0 Å². The molecule has 0 radical (unpaired) electrons. The summed E-state index contributed by atoms with van der Waals surface area (Å²) in [6, 6.07) is 11.2. The molecule has 1 heterocycles. The summed E-state index contributed by atoms with van der Waals surface area (Å²) < 4.78 is 43.3. The van der Waals surface area contributed by atoms with E-state index < -0.39 is 27.8 Å². The highest BCUT2D eigenvalue weighted by Gasteiger charge is 2.29. The number of benzene rings is 2. The number of aromatic nitrogens is 2. The molecule has 1 aliphatic rings. The molecular weight excluding hydrogens is 455 g/mol. The van der Waals surface area contributed by atoms with Gasteiger partial charge in [-0.25, -0.2) is 17.8 Å². The number of carbonyl (C=O) groups excluding carboxylic acids is 1. The smallest absolute Gasteiger partial charge is 0.252 e. The van der Waals surface area contributed by atoms with Crippen LogP contribution < -0.4 is 5.32 Å². The Balaban J connectivity index is 1.55. The van der Waals surface area contributed by atoms with E-state index in [2.05, 4.69) is 10.3 Å². The molecule has 34 heavy (non-hydrogen) atoms. The summed E-state index contributed by atoms with van der Waals surface area (Å²) in [6.45, 7) is 0. The number of sulfonamides is 1. The molecule has 9 heteroatoms. The van der Waals surface area contributed by atoms with Crippen LogP contribution in [0.4, 0.5) is 4.39 Å². The van der Waals surface area contributed by atoms with Gasteiger partial charge in [0.05, 0.1) is 4.90 Å². The molecular formula is C25H29FN4O3S. The number of nitrogens with zero attached hydrogens (tertiary/aromatic N) is 3. The van der Waals surface area contributed by atoms with Crippen LogP contribution in [0.5, 0.6) is 0 Å². The minimum atomic E-state index is -3.65. The molecule has 180 valence electrons. The first-order valence-electron chi connectivity index (χ1n) is 11.4. The van der Waals surface area contributed by atoms with Crippen LogP contribution >= 0.6 is 0 Å². The van der Waals surface area contributed by atoms with Gasteiger partial charge < -0.3 is 9.88 Å². The second-order valence-electron chi connectivity index (χ2n) is 8.70. The Morgan fingerprint density at radius 1 is 1.15 bits per heavy atom. The van der Waals surface area contributed by atoms with E-state index in [1.165, 1.54) is 40.7 Å². The van der Waals surface area contributed by atoms with Gasteiger partial charge in [0.15, 0.2) is 0 Å².